The minimum Gasteiger partial charge on any atom is -0.327 e. The molecule has 0 aliphatic carbocycles. The summed E-state index contributed by atoms with van der Waals surface area (Å²) < 4.78 is -0.957. The third kappa shape index (κ3) is 1.75. The first-order valence-corrected chi connectivity index (χ1v) is 4.91. The number of alkyl halides is 2. The van der Waals surface area contributed by atoms with E-state index in [2.05, 4.69) is 5.32 Å². The number of rotatable bonds is 1. The van der Waals surface area contributed by atoms with Crippen LogP contribution in [0.5, 0.6) is 0 Å². The zero-order valence-corrected chi connectivity index (χ0v) is 8.52. The number of para-hydroxylation sites is 1. The van der Waals surface area contributed by atoms with Gasteiger partial charge in [-0.2, -0.15) is 0 Å². The summed E-state index contributed by atoms with van der Waals surface area (Å²) in [5.41, 5.74) is 1.04. The van der Waals surface area contributed by atoms with Gasteiger partial charge in [0.1, 0.15) is 0 Å². The van der Waals surface area contributed by atoms with E-state index in [1.807, 2.05) is 35.2 Å². The lowest BCUT2D eigenvalue weighted by atomic mass is 10.3. The third-order valence-corrected chi connectivity index (χ3v) is 2.76. The summed E-state index contributed by atoms with van der Waals surface area (Å²) in [6.45, 7) is 1.64. The van der Waals surface area contributed by atoms with Crippen LogP contribution in [0.1, 0.15) is 0 Å². The van der Waals surface area contributed by atoms with Crippen molar-refractivity contribution in [2.75, 3.05) is 18.0 Å². The molecule has 1 heterocycles. The Bertz CT molecular complexity index is 287. The smallest absolute Gasteiger partial charge is 0.247 e. The molecule has 70 valence electrons. The molecule has 0 saturated carbocycles. The van der Waals surface area contributed by atoms with Crippen LogP contribution in [0, 0.1) is 0 Å². The Balaban J connectivity index is 2.27. The van der Waals surface area contributed by atoms with E-state index in [4.69, 9.17) is 23.2 Å². The summed E-state index contributed by atoms with van der Waals surface area (Å²) in [6, 6.07) is 9.89. The van der Waals surface area contributed by atoms with Gasteiger partial charge in [-0.15, -0.1) is 0 Å². The van der Waals surface area contributed by atoms with Gasteiger partial charge in [0.15, 0.2) is 0 Å². The highest BCUT2D eigenvalue weighted by atomic mass is 35.5. The van der Waals surface area contributed by atoms with Gasteiger partial charge in [0, 0.05) is 18.8 Å². The van der Waals surface area contributed by atoms with Crippen molar-refractivity contribution in [1.82, 2.24) is 5.32 Å². The van der Waals surface area contributed by atoms with Gasteiger partial charge in [0.2, 0.25) is 4.58 Å². The number of benzene rings is 1. The summed E-state index contributed by atoms with van der Waals surface area (Å²) in [5.74, 6) is 0. The van der Waals surface area contributed by atoms with Gasteiger partial charge in [-0.1, -0.05) is 41.4 Å². The Labute approximate surface area is 87.4 Å². The maximum atomic E-state index is 6.05. The minimum atomic E-state index is -0.957. The number of halogens is 2. The highest BCUT2D eigenvalue weighted by Crippen LogP contribution is 2.31. The summed E-state index contributed by atoms with van der Waals surface area (Å²) in [5, 5.41) is 3.00. The molecule has 1 fully saturated rings. The van der Waals surface area contributed by atoms with Crippen molar-refractivity contribution in [1.29, 1.82) is 0 Å². The molecule has 0 unspecified atom stereocenters. The van der Waals surface area contributed by atoms with Gasteiger partial charge in [-0.3, -0.25) is 5.32 Å². The molecule has 13 heavy (non-hydrogen) atoms. The SMILES string of the molecule is ClC1(Cl)NCCN1c1ccccc1. The molecule has 1 saturated heterocycles. The fourth-order valence-electron chi connectivity index (χ4n) is 1.45. The van der Waals surface area contributed by atoms with Crippen molar-refractivity contribution in [2.45, 2.75) is 4.58 Å². The van der Waals surface area contributed by atoms with E-state index in [1.165, 1.54) is 0 Å². The zero-order chi connectivity index (χ0) is 9.31. The number of hydrogen-bond donors (Lipinski definition) is 1. The maximum Gasteiger partial charge on any atom is 0.247 e. The first-order valence-electron chi connectivity index (χ1n) is 4.16. The molecule has 0 aromatic heterocycles. The van der Waals surface area contributed by atoms with Crippen LogP contribution in [-0.2, 0) is 0 Å². The first kappa shape index (κ1) is 9.13. The lowest BCUT2D eigenvalue weighted by Gasteiger charge is -2.28. The Morgan fingerprint density at radius 2 is 1.92 bits per heavy atom. The van der Waals surface area contributed by atoms with Crippen LogP contribution in [-0.4, -0.2) is 17.7 Å². The zero-order valence-electron chi connectivity index (χ0n) is 7.00. The summed E-state index contributed by atoms with van der Waals surface area (Å²) >= 11 is 12.1. The minimum absolute atomic E-state index is 0.807. The normalized spacial score (nSPS) is 20.6. The number of nitrogens with zero attached hydrogens (tertiary/aromatic N) is 1. The molecule has 0 amide bonds. The van der Waals surface area contributed by atoms with E-state index >= 15 is 0 Å². The second kappa shape index (κ2) is 3.37. The quantitative estimate of drug-likeness (QED) is 0.573. The lowest BCUT2D eigenvalue weighted by molar-refractivity contribution is 0.721. The van der Waals surface area contributed by atoms with Crippen LogP contribution < -0.4 is 10.2 Å². The molecule has 1 aliphatic heterocycles. The van der Waals surface area contributed by atoms with Gasteiger partial charge >= 0.3 is 0 Å². The summed E-state index contributed by atoms with van der Waals surface area (Å²) in [4.78, 5) is 1.93. The molecule has 2 nitrogen and oxygen atoms in total. The van der Waals surface area contributed by atoms with Crippen molar-refractivity contribution in [3.63, 3.8) is 0 Å². The van der Waals surface area contributed by atoms with Crippen molar-refractivity contribution in [3.8, 4) is 0 Å². The topological polar surface area (TPSA) is 15.3 Å². The second-order valence-electron chi connectivity index (χ2n) is 2.96. The predicted molar refractivity (Wildman–Crippen MR) is 56.2 cm³/mol. The summed E-state index contributed by atoms with van der Waals surface area (Å²) in [7, 11) is 0. The van der Waals surface area contributed by atoms with Gasteiger partial charge in [-0.25, -0.2) is 0 Å². The Kier molecular flexibility index (Phi) is 2.37. The molecular weight excluding hydrogens is 207 g/mol. The van der Waals surface area contributed by atoms with Crippen LogP contribution in [0.2, 0.25) is 0 Å². The molecule has 0 radical (unpaired) electrons. The molecule has 0 spiro atoms. The molecular formula is C9H10Cl2N2. The van der Waals surface area contributed by atoms with Gasteiger partial charge in [-0.05, 0) is 12.1 Å². The fraction of sp³-hybridized carbons (Fsp3) is 0.333. The van der Waals surface area contributed by atoms with Crippen LogP contribution in [0.3, 0.4) is 0 Å². The summed E-state index contributed by atoms with van der Waals surface area (Å²) in [6.07, 6.45) is 0. The average molecular weight is 217 g/mol. The molecule has 1 N–H and O–H groups in total. The highest BCUT2D eigenvalue weighted by molar-refractivity contribution is 6.49. The Morgan fingerprint density at radius 1 is 1.23 bits per heavy atom. The van der Waals surface area contributed by atoms with E-state index < -0.39 is 4.58 Å². The van der Waals surface area contributed by atoms with Crippen molar-refractivity contribution in [3.05, 3.63) is 30.3 Å². The number of hydrogen-bond acceptors (Lipinski definition) is 2. The van der Waals surface area contributed by atoms with E-state index in [-0.39, 0.29) is 0 Å². The fourth-order valence-corrected chi connectivity index (χ4v) is 2.01. The highest BCUT2D eigenvalue weighted by Gasteiger charge is 2.36. The van der Waals surface area contributed by atoms with E-state index in [0.29, 0.717) is 0 Å². The monoisotopic (exact) mass is 216 g/mol. The van der Waals surface area contributed by atoms with Crippen LogP contribution in [0.25, 0.3) is 0 Å². The standard InChI is InChI=1S/C9H10Cl2N2/c10-9(11)12-6-7-13(9)8-4-2-1-3-5-8/h1-5,12H,6-7H2. The van der Waals surface area contributed by atoms with Crippen molar-refractivity contribution < 1.29 is 0 Å². The van der Waals surface area contributed by atoms with E-state index in [9.17, 15) is 0 Å². The number of anilines is 1. The first-order chi connectivity index (χ1) is 6.20. The predicted octanol–water partition coefficient (Wildman–Crippen LogP) is 2.19. The average Bonchev–Trinajstić information content (AvgIpc) is 2.47. The van der Waals surface area contributed by atoms with Gasteiger partial charge in [0.05, 0.1) is 0 Å². The molecule has 1 aromatic carbocycles. The van der Waals surface area contributed by atoms with Crippen molar-refractivity contribution in [2.24, 2.45) is 0 Å². The maximum absolute atomic E-state index is 6.05. The largest absolute Gasteiger partial charge is 0.327 e. The van der Waals surface area contributed by atoms with E-state index in [0.717, 1.165) is 18.8 Å². The molecule has 0 bridgehead atoms. The van der Waals surface area contributed by atoms with Crippen molar-refractivity contribution >= 4 is 28.9 Å². The van der Waals surface area contributed by atoms with Gasteiger partial charge in [0.25, 0.3) is 0 Å². The molecule has 2 rings (SSSR count). The lowest BCUT2D eigenvalue weighted by Crippen LogP contribution is -2.40. The van der Waals surface area contributed by atoms with Crippen LogP contribution >= 0.6 is 23.2 Å². The number of nitrogens with one attached hydrogen (secondary N) is 1. The molecule has 0 atom stereocenters. The van der Waals surface area contributed by atoms with Gasteiger partial charge < -0.3 is 4.90 Å². The third-order valence-electron chi connectivity index (χ3n) is 2.08. The molecule has 4 heteroatoms. The molecule has 1 aliphatic rings. The Morgan fingerprint density at radius 3 is 2.46 bits per heavy atom. The molecule has 1 aromatic rings. The van der Waals surface area contributed by atoms with Crippen LogP contribution in [0.15, 0.2) is 30.3 Å². The van der Waals surface area contributed by atoms with E-state index in [1.54, 1.807) is 0 Å². The second-order valence-corrected chi connectivity index (χ2v) is 4.24. The van der Waals surface area contributed by atoms with Crippen LogP contribution in [0.4, 0.5) is 5.69 Å². The Hall–Kier alpha value is -0.440.